The third kappa shape index (κ3) is 2.17. The average Bonchev–Trinajstić information content (AvgIpc) is 2.25. The molecule has 2 aromatic carbocycles. The van der Waals surface area contributed by atoms with E-state index in [1.165, 1.54) is 6.07 Å². The number of aromatic hydroxyl groups is 2. The fourth-order valence-corrected chi connectivity index (χ4v) is 1.29. The lowest BCUT2D eigenvalue weighted by Crippen LogP contribution is -1.92. The molecule has 0 amide bonds. The molecule has 16 heavy (non-hydrogen) atoms. The molecule has 81 valence electrons. The predicted molar refractivity (Wildman–Crippen MR) is 62.7 cm³/mol. The standard InChI is InChI=1S/C12H11N2O2/c13-8-1-6-11(12(16)7-8)14-9-2-4-10(15)5-3-9/h1-5,7,14-16H,13H2. The molecule has 0 spiro atoms. The summed E-state index contributed by atoms with van der Waals surface area (Å²) in [5, 5.41) is 21.7. The Bertz CT molecular complexity index is 495. The molecule has 0 fully saturated rings. The van der Waals surface area contributed by atoms with E-state index in [1.54, 1.807) is 30.3 Å². The third-order valence-corrected chi connectivity index (χ3v) is 2.08. The number of anilines is 3. The summed E-state index contributed by atoms with van der Waals surface area (Å²) in [5.41, 5.74) is 7.13. The maximum atomic E-state index is 9.58. The molecule has 0 aromatic heterocycles. The van der Waals surface area contributed by atoms with Gasteiger partial charge in [-0.25, -0.2) is 0 Å². The summed E-state index contributed by atoms with van der Waals surface area (Å²) >= 11 is 0. The summed E-state index contributed by atoms with van der Waals surface area (Å²) in [6.07, 6.45) is 0. The Labute approximate surface area is 93.0 Å². The van der Waals surface area contributed by atoms with Gasteiger partial charge in [0.2, 0.25) is 0 Å². The minimum atomic E-state index is 0.0353. The Kier molecular flexibility index (Phi) is 2.55. The lowest BCUT2D eigenvalue weighted by Gasteiger charge is -2.08. The second-order valence-electron chi connectivity index (χ2n) is 3.37. The van der Waals surface area contributed by atoms with Gasteiger partial charge in [0.25, 0.3) is 0 Å². The van der Waals surface area contributed by atoms with E-state index in [0.717, 1.165) is 5.69 Å². The molecule has 1 radical (unpaired) electrons. The molecule has 0 aliphatic rings. The Morgan fingerprint density at radius 3 is 2.44 bits per heavy atom. The second-order valence-corrected chi connectivity index (χ2v) is 3.37. The number of nitrogens with two attached hydrogens (primary N) is 1. The molecule has 5 N–H and O–H groups in total. The summed E-state index contributed by atoms with van der Waals surface area (Å²) in [4.78, 5) is 0. The van der Waals surface area contributed by atoms with Crippen LogP contribution in [-0.2, 0) is 0 Å². The van der Waals surface area contributed by atoms with Crippen molar-refractivity contribution < 1.29 is 10.2 Å². The van der Waals surface area contributed by atoms with Gasteiger partial charge in [-0.2, -0.15) is 0 Å². The Morgan fingerprint density at radius 2 is 1.81 bits per heavy atom. The van der Waals surface area contributed by atoms with Crippen molar-refractivity contribution in [1.82, 2.24) is 0 Å². The Balaban J connectivity index is 2.23. The summed E-state index contributed by atoms with van der Waals surface area (Å²) < 4.78 is 0. The van der Waals surface area contributed by atoms with E-state index < -0.39 is 0 Å². The Hall–Kier alpha value is -2.36. The molecule has 0 atom stereocenters. The smallest absolute Gasteiger partial charge is 0.141 e. The fraction of sp³-hybridized carbons (Fsp3) is 0. The largest absolute Gasteiger partial charge is 0.508 e. The van der Waals surface area contributed by atoms with Gasteiger partial charge in [-0.05, 0) is 30.3 Å². The van der Waals surface area contributed by atoms with Gasteiger partial charge in [0, 0.05) is 23.5 Å². The van der Waals surface area contributed by atoms with Gasteiger partial charge in [0.05, 0.1) is 5.69 Å². The lowest BCUT2D eigenvalue weighted by atomic mass is 10.2. The molecule has 0 saturated heterocycles. The molecular weight excluding hydrogens is 204 g/mol. The van der Waals surface area contributed by atoms with Crippen LogP contribution in [0.3, 0.4) is 0 Å². The highest BCUT2D eigenvalue weighted by Gasteiger charge is 2.02. The molecule has 0 unspecified atom stereocenters. The monoisotopic (exact) mass is 215 g/mol. The fourth-order valence-electron chi connectivity index (χ4n) is 1.29. The van der Waals surface area contributed by atoms with Crippen LogP contribution in [0.25, 0.3) is 0 Å². The van der Waals surface area contributed by atoms with Crippen molar-refractivity contribution in [2.75, 3.05) is 11.1 Å². The Morgan fingerprint density at radius 1 is 1.12 bits per heavy atom. The van der Waals surface area contributed by atoms with Crippen molar-refractivity contribution in [2.24, 2.45) is 0 Å². The van der Waals surface area contributed by atoms with Crippen LogP contribution in [0.4, 0.5) is 17.1 Å². The second kappa shape index (κ2) is 4.02. The molecule has 0 aliphatic carbocycles. The molecule has 0 heterocycles. The van der Waals surface area contributed by atoms with Gasteiger partial charge in [-0.1, -0.05) is 0 Å². The van der Waals surface area contributed by atoms with Gasteiger partial charge >= 0.3 is 0 Å². The lowest BCUT2D eigenvalue weighted by molar-refractivity contribution is 0.475. The average molecular weight is 215 g/mol. The van der Waals surface area contributed by atoms with E-state index >= 15 is 0 Å². The van der Waals surface area contributed by atoms with Crippen molar-refractivity contribution in [1.29, 1.82) is 0 Å². The van der Waals surface area contributed by atoms with Crippen LogP contribution in [-0.4, -0.2) is 10.2 Å². The molecule has 2 rings (SSSR count). The zero-order valence-corrected chi connectivity index (χ0v) is 8.44. The van der Waals surface area contributed by atoms with E-state index in [0.29, 0.717) is 11.4 Å². The number of nitrogen functional groups attached to an aromatic ring is 1. The molecule has 0 saturated carbocycles. The normalized spacial score (nSPS) is 10.0. The van der Waals surface area contributed by atoms with E-state index in [2.05, 4.69) is 11.4 Å². The van der Waals surface area contributed by atoms with E-state index in [-0.39, 0.29) is 11.5 Å². The van der Waals surface area contributed by atoms with Gasteiger partial charge in [-0.3, -0.25) is 0 Å². The highest BCUT2D eigenvalue weighted by Crippen LogP contribution is 2.28. The minimum Gasteiger partial charge on any atom is -0.508 e. The van der Waals surface area contributed by atoms with Crippen molar-refractivity contribution in [2.45, 2.75) is 0 Å². The third-order valence-electron chi connectivity index (χ3n) is 2.08. The summed E-state index contributed by atoms with van der Waals surface area (Å²) in [6.45, 7) is 0. The van der Waals surface area contributed by atoms with E-state index in [1.807, 2.05) is 0 Å². The van der Waals surface area contributed by atoms with Crippen molar-refractivity contribution in [3.63, 3.8) is 0 Å². The number of phenols is 2. The first-order valence-electron chi connectivity index (χ1n) is 4.71. The van der Waals surface area contributed by atoms with E-state index in [9.17, 15) is 5.11 Å². The van der Waals surface area contributed by atoms with Gasteiger partial charge < -0.3 is 21.3 Å². The zero-order chi connectivity index (χ0) is 11.5. The van der Waals surface area contributed by atoms with Crippen LogP contribution in [0.2, 0.25) is 0 Å². The molecular formula is C12H11N2O2. The number of hydrogen-bond acceptors (Lipinski definition) is 4. The first-order chi connectivity index (χ1) is 7.65. The van der Waals surface area contributed by atoms with Crippen molar-refractivity contribution in [3.8, 4) is 11.5 Å². The predicted octanol–water partition coefficient (Wildman–Crippen LogP) is 2.22. The molecule has 4 heteroatoms. The van der Waals surface area contributed by atoms with Crippen LogP contribution < -0.4 is 11.1 Å². The number of benzene rings is 2. The number of nitrogens with one attached hydrogen (secondary N) is 1. The van der Waals surface area contributed by atoms with Crippen molar-refractivity contribution >= 4 is 17.1 Å². The van der Waals surface area contributed by atoms with E-state index in [4.69, 9.17) is 10.8 Å². The van der Waals surface area contributed by atoms with Crippen LogP contribution in [0, 0.1) is 6.07 Å². The quantitative estimate of drug-likeness (QED) is 0.352. The number of hydrogen-bond donors (Lipinski definition) is 4. The zero-order valence-electron chi connectivity index (χ0n) is 8.44. The molecule has 0 bridgehead atoms. The first-order valence-corrected chi connectivity index (χ1v) is 4.71. The molecule has 2 aromatic rings. The number of phenolic OH excluding ortho intramolecular Hbond substituents is 2. The van der Waals surface area contributed by atoms with Gasteiger partial charge in [0.15, 0.2) is 0 Å². The van der Waals surface area contributed by atoms with Crippen LogP contribution in [0.15, 0.2) is 36.4 Å². The maximum absolute atomic E-state index is 9.58. The summed E-state index contributed by atoms with van der Waals surface area (Å²) in [5.74, 6) is 0.226. The molecule has 4 nitrogen and oxygen atoms in total. The topological polar surface area (TPSA) is 78.5 Å². The minimum absolute atomic E-state index is 0.0353. The molecule has 0 aliphatic heterocycles. The van der Waals surface area contributed by atoms with Gasteiger partial charge in [0.1, 0.15) is 11.5 Å². The van der Waals surface area contributed by atoms with Gasteiger partial charge in [-0.15, -0.1) is 0 Å². The highest BCUT2D eigenvalue weighted by atomic mass is 16.3. The summed E-state index contributed by atoms with van der Waals surface area (Å²) in [6, 6.07) is 12.3. The van der Waals surface area contributed by atoms with Crippen LogP contribution in [0.5, 0.6) is 11.5 Å². The maximum Gasteiger partial charge on any atom is 0.141 e. The number of rotatable bonds is 2. The SMILES string of the molecule is Nc1c[c]c(Nc2ccc(O)cc2)c(O)c1. The summed E-state index contributed by atoms with van der Waals surface area (Å²) in [7, 11) is 0. The van der Waals surface area contributed by atoms with Crippen LogP contribution >= 0.6 is 0 Å². The van der Waals surface area contributed by atoms with Crippen LogP contribution in [0.1, 0.15) is 0 Å². The van der Waals surface area contributed by atoms with Crippen molar-refractivity contribution in [3.05, 3.63) is 42.5 Å². The first kappa shape index (κ1) is 10.2. The highest BCUT2D eigenvalue weighted by molar-refractivity contribution is 5.68.